The van der Waals surface area contributed by atoms with Gasteiger partial charge in [-0.05, 0) is 17.7 Å². The number of rotatable bonds is 5. The summed E-state index contributed by atoms with van der Waals surface area (Å²) in [7, 11) is -4.21. The van der Waals surface area contributed by atoms with Crippen LogP contribution in [0.25, 0.3) is 5.76 Å². The second-order valence-electron chi connectivity index (χ2n) is 7.15. The maximum absolute atomic E-state index is 13.9. The van der Waals surface area contributed by atoms with E-state index in [1.54, 1.807) is 48.5 Å². The molecule has 4 rings (SSSR count). The first-order valence-electron chi connectivity index (χ1n) is 9.76. The number of hydrogen-bond donors (Lipinski definition) is 1. The van der Waals surface area contributed by atoms with Crippen molar-refractivity contribution in [2.75, 3.05) is 0 Å². The van der Waals surface area contributed by atoms with E-state index in [4.69, 9.17) is 10.5 Å². The summed E-state index contributed by atoms with van der Waals surface area (Å²) in [6.45, 7) is 0. The Labute approximate surface area is 189 Å². The molecule has 2 N–H and O–H groups in total. The van der Waals surface area contributed by atoms with Crippen LogP contribution in [-0.2, 0) is 14.6 Å². The summed E-state index contributed by atoms with van der Waals surface area (Å²) in [5.41, 5.74) is 6.33. The van der Waals surface area contributed by atoms with Gasteiger partial charge in [0.25, 0.3) is 5.69 Å². The van der Waals surface area contributed by atoms with E-state index < -0.39 is 20.7 Å². The highest BCUT2D eigenvalue weighted by Crippen LogP contribution is 2.46. The van der Waals surface area contributed by atoms with Gasteiger partial charge >= 0.3 is 0 Å². The van der Waals surface area contributed by atoms with Gasteiger partial charge in [0.2, 0.25) is 15.7 Å². The fourth-order valence-corrected chi connectivity index (χ4v) is 5.41. The van der Waals surface area contributed by atoms with Crippen LogP contribution in [-0.4, -0.2) is 13.3 Å². The fourth-order valence-electron chi connectivity index (χ4n) is 3.67. The molecule has 164 valence electrons. The van der Waals surface area contributed by atoms with E-state index >= 15 is 0 Å². The molecule has 1 atom stereocenters. The number of ether oxygens (including phenoxy) is 1. The van der Waals surface area contributed by atoms with Crippen LogP contribution in [0.4, 0.5) is 5.69 Å². The summed E-state index contributed by atoms with van der Waals surface area (Å²) >= 11 is 0. The highest BCUT2D eigenvalue weighted by molar-refractivity contribution is 7.95. The molecule has 1 heterocycles. The molecule has 3 aromatic rings. The third kappa shape index (κ3) is 3.95. The maximum atomic E-state index is 13.9. The number of nitrogens with two attached hydrogens (primary N) is 1. The average molecular weight is 459 g/mol. The predicted molar refractivity (Wildman–Crippen MR) is 121 cm³/mol. The summed E-state index contributed by atoms with van der Waals surface area (Å²) in [4.78, 5) is 10.6. The van der Waals surface area contributed by atoms with Crippen LogP contribution < -0.4 is 5.73 Å². The molecule has 0 aromatic heterocycles. The van der Waals surface area contributed by atoms with Gasteiger partial charge in [0.05, 0.1) is 15.7 Å². The number of sulfone groups is 1. The lowest BCUT2D eigenvalue weighted by atomic mass is 9.88. The summed E-state index contributed by atoms with van der Waals surface area (Å²) in [5, 5.41) is 21.2. The largest absolute Gasteiger partial charge is 0.439 e. The van der Waals surface area contributed by atoms with Crippen molar-refractivity contribution >= 4 is 21.3 Å². The minimum absolute atomic E-state index is 0.00905. The number of allylic oxidation sites excluding steroid dienone is 2. The van der Waals surface area contributed by atoms with E-state index in [0.717, 1.165) is 0 Å². The second kappa shape index (κ2) is 8.61. The molecule has 0 bridgehead atoms. The van der Waals surface area contributed by atoms with Crippen LogP contribution in [0.2, 0.25) is 0 Å². The molecular formula is C24H17N3O5S. The van der Waals surface area contributed by atoms with E-state index in [1.165, 1.54) is 36.4 Å². The molecule has 8 nitrogen and oxygen atoms in total. The molecule has 0 spiro atoms. The van der Waals surface area contributed by atoms with Gasteiger partial charge in [0.1, 0.15) is 16.5 Å². The molecule has 0 aliphatic carbocycles. The lowest BCUT2D eigenvalue weighted by Gasteiger charge is -2.29. The lowest BCUT2D eigenvalue weighted by molar-refractivity contribution is -0.384. The molecule has 9 heteroatoms. The van der Waals surface area contributed by atoms with E-state index in [9.17, 15) is 23.8 Å². The number of nitrogens with zero attached hydrogens (tertiary/aromatic N) is 2. The van der Waals surface area contributed by atoms with Gasteiger partial charge in [-0.3, -0.25) is 10.1 Å². The Bertz CT molecular complexity index is 1440. The van der Waals surface area contributed by atoms with Gasteiger partial charge in [0.15, 0.2) is 5.76 Å². The monoisotopic (exact) mass is 459 g/mol. The van der Waals surface area contributed by atoms with Crippen LogP contribution in [0.15, 0.2) is 106 Å². The van der Waals surface area contributed by atoms with E-state index in [-0.39, 0.29) is 38.3 Å². The Kier molecular flexibility index (Phi) is 5.69. The zero-order valence-corrected chi connectivity index (χ0v) is 17.9. The van der Waals surface area contributed by atoms with Gasteiger partial charge in [-0.2, -0.15) is 5.26 Å². The zero-order valence-electron chi connectivity index (χ0n) is 17.1. The minimum Gasteiger partial charge on any atom is -0.439 e. The first-order chi connectivity index (χ1) is 15.8. The molecule has 1 unspecified atom stereocenters. The fraction of sp³-hybridized carbons (Fsp3) is 0.0417. The zero-order chi connectivity index (χ0) is 23.6. The quantitative estimate of drug-likeness (QED) is 0.445. The highest BCUT2D eigenvalue weighted by atomic mass is 32.2. The number of benzene rings is 3. The van der Waals surface area contributed by atoms with Gasteiger partial charge in [-0.25, -0.2) is 8.42 Å². The van der Waals surface area contributed by atoms with Crippen molar-refractivity contribution in [2.45, 2.75) is 10.8 Å². The van der Waals surface area contributed by atoms with Crippen molar-refractivity contribution in [1.82, 2.24) is 0 Å². The topological polar surface area (TPSA) is 136 Å². The maximum Gasteiger partial charge on any atom is 0.269 e. The average Bonchev–Trinajstić information content (AvgIpc) is 2.84. The highest BCUT2D eigenvalue weighted by Gasteiger charge is 2.41. The van der Waals surface area contributed by atoms with Crippen LogP contribution in [0.1, 0.15) is 17.0 Å². The number of hydrogen-bond acceptors (Lipinski definition) is 7. The predicted octanol–water partition coefficient (Wildman–Crippen LogP) is 4.25. The molecule has 1 aliphatic heterocycles. The molecule has 0 radical (unpaired) electrons. The second-order valence-corrected chi connectivity index (χ2v) is 9.07. The lowest BCUT2D eigenvalue weighted by Crippen LogP contribution is -2.25. The number of nitro benzene ring substituents is 1. The molecule has 0 fully saturated rings. The van der Waals surface area contributed by atoms with Crippen molar-refractivity contribution in [3.8, 4) is 6.07 Å². The minimum atomic E-state index is -4.21. The molecule has 3 aromatic carbocycles. The Morgan fingerprint density at radius 1 is 0.970 bits per heavy atom. The third-order valence-electron chi connectivity index (χ3n) is 5.17. The summed E-state index contributed by atoms with van der Waals surface area (Å²) in [5.74, 6) is -1.50. The van der Waals surface area contributed by atoms with Crippen LogP contribution in [0.5, 0.6) is 0 Å². The van der Waals surface area contributed by atoms with Crippen molar-refractivity contribution in [1.29, 1.82) is 5.26 Å². The summed E-state index contributed by atoms with van der Waals surface area (Å²) in [6, 6.07) is 23.6. The van der Waals surface area contributed by atoms with E-state index in [1.807, 2.05) is 6.07 Å². The van der Waals surface area contributed by atoms with E-state index in [0.29, 0.717) is 5.56 Å². The third-order valence-corrected chi connectivity index (χ3v) is 7.06. The summed E-state index contributed by atoms with van der Waals surface area (Å²) < 4.78 is 33.5. The Balaban J connectivity index is 2.08. The van der Waals surface area contributed by atoms with Crippen LogP contribution >= 0.6 is 0 Å². The molecule has 0 amide bonds. The van der Waals surface area contributed by atoms with Gasteiger partial charge in [0, 0.05) is 17.7 Å². The molecule has 0 saturated carbocycles. The summed E-state index contributed by atoms with van der Waals surface area (Å²) in [6.07, 6.45) is 0. The Hall–Kier alpha value is -4.42. The standard InChI is InChI=1S/C24H17N3O5S/c25-15-20-21(17-10-7-11-18(14-17)27(28)29)23(33(30,31)19-12-5-2-6-13-19)22(32-24(20)26)16-8-3-1-4-9-16/h1-14,21H,26H2. The first-order valence-corrected chi connectivity index (χ1v) is 11.2. The SMILES string of the molecule is N#CC1=C(N)OC(c2ccccc2)=C(S(=O)(=O)c2ccccc2)C1c1cccc([N+](=O)[O-])c1. The van der Waals surface area contributed by atoms with Gasteiger partial charge in [-0.1, -0.05) is 60.7 Å². The van der Waals surface area contributed by atoms with Crippen LogP contribution in [0, 0.1) is 21.4 Å². The molecular weight excluding hydrogens is 442 g/mol. The molecule has 0 saturated heterocycles. The smallest absolute Gasteiger partial charge is 0.269 e. The van der Waals surface area contributed by atoms with Crippen molar-refractivity contribution in [3.05, 3.63) is 123 Å². The Morgan fingerprint density at radius 2 is 1.61 bits per heavy atom. The molecule has 33 heavy (non-hydrogen) atoms. The number of nitro groups is 1. The van der Waals surface area contributed by atoms with Crippen molar-refractivity contribution < 1.29 is 18.1 Å². The van der Waals surface area contributed by atoms with Crippen molar-refractivity contribution in [2.24, 2.45) is 5.73 Å². The normalized spacial score (nSPS) is 16.2. The van der Waals surface area contributed by atoms with E-state index in [2.05, 4.69) is 0 Å². The molecule has 1 aliphatic rings. The number of nitriles is 1. The van der Waals surface area contributed by atoms with Gasteiger partial charge < -0.3 is 10.5 Å². The van der Waals surface area contributed by atoms with Crippen LogP contribution in [0.3, 0.4) is 0 Å². The first kappa shape index (κ1) is 21.8. The van der Waals surface area contributed by atoms with Gasteiger partial charge in [-0.15, -0.1) is 0 Å². The Morgan fingerprint density at radius 3 is 2.21 bits per heavy atom. The number of non-ortho nitro benzene ring substituents is 1. The van der Waals surface area contributed by atoms with Crippen molar-refractivity contribution in [3.63, 3.8) is 0 Å².